The molecule has 80 valence electrons. The van der Waals surface area contributed by atoms with Crippen LogP contribution in [0.4, 0.5) is 0 Å². The van der Waals surface area contributed by atoms with Gasteiger partial charge in [-0.3, -0.25) is 4.98 Å². The van der Waals surface area contributed by atoms with E-state index in [2.05, 4.69) is 22.4 Å². The molecule has 0 unspecified atom stereocenters. The van der Waals surface area contributed by atoms with Crippen molar-refractivity contribution in [2.24, 2.45) is 11.8 Å². The molecule has 2 aliphatic carbocycles. The van der Waals surface area contributed by atoms with E-state index in [1.165, 1.54) is 31.4 Å². The van der Waals surface area contributed by atoms with Crippen LogP contribution >= 0.6 is 0 Å². The first-order valence-corrected chi connectivity index (χ1v) is 6.05. The van der Waals surface area contributed by atoms with Gasteiger partial charge in [-0.2, -0.15) is 0 Å². The van der Waals surface area contributed by atoms with E-state index in [1.807, 2.05) is 12.3 Å². The number of aromatic nitrogens is 1. The van der Waals surface area contributed by atoms with Gasteiger partial charge in [-0.25, -0.2) is 0 Å². The van der Waals surface area contributed by atoms with Crippen LogP contribution in [-0.4, -0.2) is 11.0 Å². The average molecular weight is 202 g/mol. The van der Waals surface area contributed by atoms with Crippen molar-refractivity contribution >= 4 is 0 Å². The summed E-state index contributed by atoms with van der Waals surface area (Å²) in [5, 5.41) is 3.67. The second-order valence-corrected chi connectivity index (χ2v) is 4.98. The highest BCUT2D eigenvalue weighted by atomic mass is 14.9. The Hall–Kier alpha value is -0.890. The molecule has 2 heteroatoms. The first kappa shape index (κ1) is 9.34. The largest absolute Gasteiger partial charge is 0.308 e. The fourth-order valence-electron chi connectivity index (χ4n) is 3.23. The highest BCUT2D eigenvalue weighted by Gasteiger charge is 2.38. The van der Waals surface area contributed by atoms with E-state index in [1.54, 1.807) is 0 Å². The van der Waals surface area contributed by atoms with Crippen molar-refractivity contribution in [3.63, 3.8) is 0 Å². The quantitative estimate of drug-likeness (QED) is 0.814. The third-order valence-corrected chi connectivity index (χ3v) is 4.01. The van der Waals surface area contributed by atoms with Crippen LogP contribution in [0.25, 0.3) is 0 Å². The molecule has 2 saturated carbocycles. The molecule has 1 aromatic rings. The van der Waals surface area contributed by atoms with E-state index in [4.69, 9.17) is 0 Å². The zero-order chi connectivity index (χ0) is 10.1. The van der Waals surface area contributed by atoms with Crippen molar-refractivity contribution in [1.82, 2.24) is 10.3 Å². The van der Waals surface area contributed by atoms with Crippen LogP contribution < -0.4 is 5.32 Å². The second kappa shape index (κ2) is 3.93. The Bertz CT molecular complexity index is 323. The lowest BCUT2D eigenvalue weighted by atomic mass is 9.95. The van der Waals surface area contributed by atoms with Gasteiger partial charge in [0.2, 0.25) is 0 Å². The molecular weight excluding hydrogens is 184 g/mol. The summed E-state index contributed by atoms with van der Waals surface area (Å²) < 4.78 is 0. The molecule has 0 saturated heterocycles. The van der Waals surface area contributed by atoms with Crippen molar-refractivity contribution in [1.29, 1.82) is 0 Å². The van der Waals surface area contributed by atoms with E-state index in [-0.39, 0.29) is 0 Å². The molecule has 1 aromatic heterocycles. The van der Waals surface area contributed by atoms with Gasteiger partial charge in [0.25, 0.3) is 0 Å². The molecule has 0 amide bonds. The molecule has 2 bridgehead atoms. The van der Waals surface area contributed by atoms with Gasteiger partial charge in [-0.05, 0) is 43.2 Å². The Balaban J connectivity index is 1.55. The smallest absolute Gasteiger partial charge is 0.0541 e. The fourth-order valence-corrected chi connectivity index (χ4v) is 3.23. The van der Waals surface area contributed by atoms with E-state index < -0.39 is 0 Å². The minimum Gasteiger partial charge on any atom is -0.308 e. The average Bonchev–Trinajstić information content (AvgIpc) is 2.89. The number of rotatable bonds is 3. The van der Waals surface area contributed by atoms with Gasteiger partial charge in [0.05, 0.1) is 5.69 Å². The first-order chi connectivity index (χ1) is 7.42. The molecule has 2 fully saturated rings. The highest BCUT2D eigenvalue weighted by molar-refractivity contribution is 5.04. The van der Waals surface area contributed by atoms with Crippen molar-refractivity contribution in [3.8, 4) is 0 Å². The van der Waals surface area contributed by atoms with Crippen molar-refractivity contribution < 1.29 is 0 Å². The van der Waals surface area contributed by atoms with Crippen molar-refractivity contribution in [3.05, 3.63) is 30.1 Å². The zero-order valence-electron chi connectivity index (χ0n) is 9.02. The summed E-state index contributed by atoms with van der Waals surface area (Å²) in [6.45, 7) is 0.939. The van der Waals surface area contributed by atoms with Crippen LogP contribution in [0, 0.1) is 11.8 Å². The number of pyridine rings is 1. The molecule has 3 atom stereocenters. The normalized spacial score (nSPS) is 33.5. The molecule has 0 spiro atoms. The third-order valence-electron chi connectivity index (χ3n) is 4.01. The molecule has 1 heterocycles. The Morgan fingerprint density at radius 2 is 2.27 bits per heavy atom. The monoisotopic (exact) mass is 202 g/mol. The van der Waals surface area contributed by atoms with Gasteiger partial charge >= 0.3 is 0 Å². The summed E-state index contributed by atoms with van der Waals surface area (Å²) in [6, 6.07) is 6.90. The van der Waals surface area contributed by atoms with Gasteiger partial charge < -0.3 is 5.32 Å². The molecule has 2 nitrogen and oxygen atoms in total. The van der Waals surface area contributed by atoms with Gasteiger partial charge in [-0.15, -0.1) is 0 Å². The summed E-state index contributed by atoms with van der Waals surface area (Å²) >= 11 is 0. The van der Waals surface area contributed by atoms with Gasteiger partial charge in [-0.1, -0.05) is 12.5 Å². The van der Waals surface area contributed by atoms with E-state index in [0.29, 0.717) is 0 Å². The Morgan fingerprint density at radius 1 is 1.27 bits per heavy atom. The number of hydrogen-bond donors (Lipinski definition) is 1. The number of nitrogens with zero attached hydrogens (tertiary/aromatic N) is 1. The van der Waals surface area contributed by atoms with Gasteiger partial charge in [0, 0.05) is 18.8 Å². The number of nitrogens with one attached hydrogen (secondary N) is 1. The molecule has 0 aromatic carbocycles. The van der Waals surface area contributed by atoms with E-state index in [0.717, 1.165) is 24.4 Å². The van der Waals surface area contributed by atoms with Crippen LogP contribution in [-0.2, 0) is 6.54 Å². The third kappa shape index (κ3) is 1.91. The lowest BCUT2D eigenvalue weighted by molar-refractivity contribution is 0.349. The lowest BCUT2D eigenvalue weighted by Crippen LogP contribution is -2.33. The van der Waals surface area contributed by atoms with Crippen LogP contribution in [0.2, 0.25) is 0 Å². The molecule has 1 N–H and O–H groups in total. The van der Waals surface area contributed by atoms with Gasteiger partial charge in [0.1, 0.15) is 0 Å². The standard InChI is InChI=1S/C13H18N2/c1-2-6-14-12(3-1)9-15-13-8-10-4-5-11(13)7-10/h1-3,6,10-11,13,15H,4-5,7-9H2/t10-,11-,13-/m0/s1. The van der Waals surface area contributed by atoms with Crippen LogP contribution in [0.1, 0.15) is 31.4 Å². The molecule has 3 rings (SSSR count). The zero-order valence-corrected chi connectivity index (χ0v) is 9.02. The topological polar surface area (TPSA) is 24.9 Å². The summed E-state index contributed by atoms with van der Waals surface area (Å²) in [6.07, 6.45) is 7.67. The maximum absolute atomic E-state index is 4.34. The first-order valence-electron chi connectivity index (χ1n) is 6.05. The maximum atomic E-state index is 4.34. The summed E-state index contributed by atoms with van der Waals surface area (Å²) in [4.78, 5) is 4.34. The fraction of sp³-hybridized carbons (Fsp3) is 0.615. The van der Waals surface area contributed by atoms with Crippen molar-refractivity contribution in [2.75, 3.05) is 0 Å². The van der Waals surface area contributed by atoms with Crippen LogP contribution in [0.3, 0.4) is 0 Å². The SMILES string of the molecule is c1ccc(CN[C@H]2C[C@H]3CC[C@H]2C3)nc1. The van der Waals surface area contributed by atoms with Crippen LogP contribution in [0.15, 0.2) is 24.4 Å². The lowest BCUT2D eigenvalue weighted by Gasteiger charge is -2.22. The van der Waals surface area contributed by atoms with Crippen molar-refractivity contribution in [2.45, 2.75) is 38.3 Å². The van der Waals surface area contributed by atoms with Crippen LogP contribution in [0.5, 0.6) is 0 Å². The Morgan fingerprint density at radius 3 is 2.93 bits per heavy atom. The molecule has 0 aliphatic heterocycles. The molecular formula is C13H18N2. The Kier molecular flexibility index (Phi) is 2.45. The maximum Gasteiger partial charge on any atom is 0.0541 e. The van der Waals surface area contributed by atoms with E-state index in [9.17, 15) is 0 Å². The molecule has 15 heavy (non-hydrogen) atoms. The second-order valence-electron chi connectivity index (χ2n) is 4.98. The summed E-state index contributed by atoms with van der Waals surface area (Å²) in [7, 11) is 0. The minimum atomic E-state index is 0.769. The van der Waals surface area contributed by atoms with Gasteiger partial charge in [0.15, 0.2) is 0 Å². The number of hydrogen-bond acceptors (Lipinski definition) is 2. The summed E-state index contributed by atoms with van der Waals surface area (Å²) in [5.41, 5.74) is 1.17. The molecule has 0 radical (unpaired) electrons. The number of fused-ring (bicyclic) bond motifs is 2. The molecule has 2 aliphatic rings. The Labute approximate surface area is 91.1 Å². The summed E-state index contributed by atoms with van der Waals surface area (Å²) in [5.74, 6) is 1.98. The predicted molar refractivity (Wildman–Crippen MR) is 60.3 cm³/mol. The predicted octanol–water partition coefficient (Wildman–Crippen LogP) is 2.36. The highest BCUT2D eigenvalue weighted by Crippen LogP contribution is 2.44. The minimum absolute atomic E-state index is 0.769. The van der Waals surface area contributed by atoms with E-state index >= 15 is 0 Å².